The Morgan fingerprint density at radius 1 is 1.24 bits per heavy atom. The Labute approximate surface area is 150 Å². The van der Waals surface area contributed by atoms with E-state index in [-0.39, 0.29) is 24.7 Å². The molecule has 1 saturated carbocycles. The summed E-state index contributed by atoms with van der Waals surface area (Å²) in [6.45, 7) is 2.94. The summed E-state index contributed by atoms with van der Waals surface area (Å²) in [6.07, 6.45) is 9.28. The highest BCUT2D eigenvalue weighted by molar-refractivity contribution is 5.74. The molecule has 1 aliphatic carbocycles. The van der Waals surface area contributed by atoms with Crippen LogP contribution in [0.2, 0.25) is 0 Å². The van der Waals surface area contributed by atoms with Crippen LogP contribution in [0.5, 0.6) is 0 Å². The highest BCUT2D eigenvalue weighted by Crippen LogP contribution is 2.25. The van der Waals surface area contributed by atoms with Crippen LogP contribution in [0, 0.1) is 5.92 Å². The van der Waals surface area contributed by atoms with E-state index in [1.165, 1.54) is 19.3 Å². The van der Waals surface area contributed by atoms with Crippen molar-refractivity contribution >= 4 is 6.03 Å². The van der Waals surface area contributed by atoms with Crippen molar-refractivity contribution in [2.24, 2.45) is 5.92 Å². The first-order valence-corrected chi connectivity index (χ1v) is 9.69. The van der Waals surface area contributed by atoms with Gasteiger partial charge in [0.25, 0.3) is 0 Å². The number of likely N-dealkylation sites (tertiary alicyclic amines) is 1. The van der Waals surface area contributed by atoms with E-state index in [0.717, 1.165) is 44.5 Å². The van der Waals surface area contributed by atoms with E-state index in [9.17, 15) is 9.90 Å². The molecule has 2 heterocycles. The maximum absolute atomic E-state index is 12.3. The number of aliphatic hydroxyl groups excluding tert-OH is 1. The number of aliphatic hydroxyl groups is 1. The molecule has 0 spiro atoms. The van der Waals surface area contributed by atoms with Gasteiger partial charge in [-0.15, -0.1) is 0 Å². The monoisotopic (exact) mass is 349 g/mol. The van der Waals surface area contributed by atoms with Crippen LogP contribution in [0.3, 0.4) is 0 Å². The van der Waals surface area contributed by atoms with Crippen molar-refractivity contribution in [2.45, 2.75) is 57.0 Å². The minimum absolute atomic E-state index is 0.0963. The largest absolute Gasteiger partial charge is 0.468 e. The first kappa shape index (κ1) is 18.3. The zero-order valence-electron chi connectivity index (χ0n) is 15.0. The fourth-order valence-corrected chi connectivity index (χ4v) is 4.04. The van der Waals surface area contributed by atoms with Crippen molar-refractivity contribution in [1.82, 2.24) is 15.5 Å². The summed E-state index contributed by atoms with van der Waals surface area (Å²) < 4.78 is 5.62. The second-order valence-electron chi connectivity index (χ2n) is 7.38. The van der Waals surface area contributed by atoms with Crippen LogP contribution >= 0.6 is 0 Å². The first-order chi connectivity index (χ1) is 12.3. The molecule has 0 aromatic carbocycles. The molecule has 1 aromatic rings. The maximum atomic E-state index is 12.3. The Bertz CT molecular complexity index is 506. The normalized spacial score (nSPS) is 26.1. The number of piperidine rings is 1. The van der Waals surface area contributed by atoms with Gasteiger partial charge in [-0.3, -0.25) is 4.90 Å². The molecule has 1 aromatic heterocycles. The van der Waals surface area contributed by atoms with Gasteiger partial charge >= 0.3 is 6.03 Å². The topological polar surface area (TPSA) is 77.7 Å². The average Bonchev–Trinajstić information content (AvgIpc) is 3.18. The molecule has 3 N–H and O–H groups in total. The van der Waals surface area contributed by atoms with Crippen molar-refractivity contribution < 1.29 is 14.3 Å². The molecule has 1 saturated heterocycles. The van der Waals surface area contributed by atoms with Crippen molar-refractivity contribution in [3.05, 3.63) is 24.2 Å². The molecule has 6 heteroatoms. The minimum Gasteiger partial charge on any atom is -0.468 e. The van der Waals surface area contributed by atoms with E-state index in [4.69, 9.17) is 4.42 Å². The quantitative estimate of drug-likeness (QED) is 0.738. The van der Waals surface area contributed by atoms with E-state index in [2.05, 4.69) is 15.5 Å². The Morgan fingerprint density at radius 3 is 2.64 bits per heavy atom. The molecule has 140 valence electrons. The van der Waals surface area contributed by atoms with Crippen molar-refractivity contribution in [3.8, 4) is 0 Å². The van der Waals surface area contributed by atoms with Gasteiger partial charge in [-0.05, 0) is 69.7 Å². The second-order valence-corrected chi connectivity index (χ2v) is 7.38. The number of hydrogen-bond acceptors (Lipinski definition) is 4. The summed E-state index contributed by atoms with van der Waals surface area (Å²) in [7, 11) is 0. The number of nitrogens with zero attached hydrogens (tertiary/aromatic N) is 1. The van der Waals surface area contributed by atoms with Gasteiger partial charge in [0.2, 0.25) is 0 Å². The fourth-order valence-electron chi connectivity index (χ4n) is 4.04. The highest BCUT2D eigenvalue weighted by atomic mass is 16.3. The third-order valence-electron chi connectivity index (χ3n) is 5.60. The van der Waals surface area contributed by atoms with E-state index in [1.807, 2.05) is 12.1 Å². The molecule has 25 heavy (non-hydrogen) atoms. The molecule has 2 fully saturated rings. The van der Waals surface area contributed by atoms with Gasteiger partial charge in [0.1, 0.15) is 5.76 Å². The van der Waals surface area contributed by atoms with Crippen LogP contribution in [0.25, 0.3) is 0 Å². The molecule has 1 aliphatic heterocycles. The van der Waals surface area contributed by atoms with Crippen LogP contribution in [0.1, 0.15) is 56.7 Å². The average molecular weight is 349 g/mol. The van der Waals surface area contributed by atoms with Gasteiger partial charge in [0.05, 0.1) is 12.3 Å². The van der Waals surface area contributed by atoms with Gasteiger partial charge in [-0.1, -0.05) is 6.42 Å². The molecule has 1 atom stereocenters. The van der Waals surface area contributed by atoms with E-state index in [1.54, 1.807) is 6.26 Å². The molecule has 1 unspecified atom stereocenters. The van der Waals surface area contributed by atoms with Crippen LogP contribution in [-0.4, -0.2) is 48.3 Å². The lowest BCUT2D eigenvalue weighted by molar-refractivity contribution is 0.142. The second kappa shape index (κ2) is 9.25. The number of urea groups is 1. The summed E-state index contributed by atoms with van der Waals surface area (Å²) in [4.78, 5) is 14.7. The maximum Gasteiger partial charge on any atom is 0.315 e. The number of nitrogens with one attached hydrogen (secondary N) is 2. The molecule has 2 aliphatic rings. The Kier molecular flexibility index (Phi) is 6.76. The lowest BCUT2D eigenvalue weighted by atomic mass is 9.87. The molecule has 2 amide bonds. The first-order valence-electron chi connectivity index (χ1n) is 9.69. The number of hydrogen-bond donors (Lipinski definition) is 3. The summed E-state index contributed by atoms with van der Waals surface area (Å²) in [6, 6.07) is 4.13. The number of carbonyl (C=O) groups is 1. The van der Waals surface area contributed by atoms with Crippen molar-refractivity contribution in [3.63, 3.8) is 0 Å². The van der Waals surface area contributed by atoms with E-state index < -0.39 is 0 Å². The fraction of sp³-hybridized carbons (Fsp3) is 0.737. The number of carbonyl (C=O) groups excluding carboxylic acids is 1. The zero-order chi connectivity index (χ0) is 17.5. The Morgan fingerprint density at radius 2 is 2.00 bits per heavy atom. The number of furan rings is 1. The van der Waals surface area contributed by atoms with Crippen molar-refractivity contribution in [1.29, 1.82) is 0 Å². The summed E-state index contributed by atoms with van der Waals surface area (Å²) in [5, 5.41) is 15.3. The van der Waals surface area contributed by atoms with Crippen LogP contribution < -0.4 is 10.6 Å². The Balaban J connectivity index is 1.48. The lowest BCUT2D eigenvalue weighted by Gasteiger charge is -2.33. The predicted octanol–water partition coefficient (Wildman–Crippen LogP) is 2.66. The summed E-state index contributed by atoms with van der Waals surface area (Å²) in [5.41, 5.74) is 0. The van der Waals surface area contributed by atoms with E-state index in [0.29, 0.717) is 12.5 Å². The number of amides is 2. The molecule has 6 nitrogen and oxygen atoms in total. The van der Waals surface area contributed by atoms with E-state index >= 15 is 0 Å². The van der Waals surface area contributed by atoms with Crippen LogP contribution in [0.15, 0.2) is 22.8 Å². The predicted molar refractivity (Wildman–Crippen MR) is 96.2 cm³/mol. The molecule has 0 bridgehead atoms. The Hall–Kier alpha value is -1.53. The van der Waals surface area contributed by atoms with Gasteiger partial charge in [0.15, 0.2) is 0 Å². The van der Waals surface area contributed by atoms with Gasteiger partial charge in [0, 0.05) is 19.2 Å². The zero-order valence-corrected chi connectivity index (χ0v) is 15.0. The van der Waals surface area contributed by atoms with Gasteiger partial charge < -0.3 is 20.2 Å². The summed E-state index contributed by atoms with van der Waals surface area (Å²) in [5.74, 6) is 1.33. The SMILES string of the molecule is O=C(NCC(c1ccco1)N1CCCCC1)NC1CCC(CO)CC1. The molecule has 0 radical (unpaired) electrons. The summed E-state index contributed by atoms with van der Waals surface area (Å²) >= 11 is 0. The highest BCUT2D eigenvalue weighted by Gasteiger charge is 2.26. The number of rotatable bonds is 6. The molecule has 3 rings (SSSR count). The molecular formula is C19H31N3O3. The standard InChI is InChI=1S/C19H31N3O3/c23-14-15-6-8-16(9-7-15)21-19(24)20-13-17(18-5-4-12-25-18)22-10-2-1-3-11-22/h4-5,12,15-17,23H,1-3,6-11,13-14H2,(H2,20,21,24). The van der Waals surface area contributed by atoms with Crippen LogP contribution in [0.4, 0.5) is 4.79 Å². The third kappa shape index (κ3) is 5.22. The van der Waals surface area contributed by atoms with Gasteiger partial charge in [-0.25, -0.2) is 4.79 Å². The van der Waals surface area contributed by atoms with Gasteiger partial charge in [-0.2, -0.15) is 0 Å². The lowest BCUT2D eigenvalue weighted by Crippen LogP contribution is -2.47. The third-order valence-corrected chi connectivity index (χ3v) is 5.60. The van der Waals surface area contributed by atoms with Crippen LogP contribution in [-0.2, 0) is 0 Å². The van der Waals surface area contributed by atoms with Crippen molar-refractivity contribution in [2.75, 3.05) is 26.2 Å². The minimum atomic E-state index is -0.0963. The molecular weight excluding hydrogens is 318 g/mol. The smallest absolute Gasteiger partial charge is 0.315 e.